The summed E-state index contributed by atoms with van der Waals surface area (Å²) in [5, 5.41) is 0. The van der Waals surface area contributed by atoms with Crippen LogP contribution in [0.2, 0.25) is 0 Å². The Hall–Kier alpha value is -0.0400. The van der Waals surface area contributed by atoms with E-state index in [4.69, 9.17) is 5.73 Å². The van der Waals surface area contributed by atoms with Crippen molar-refractivity contribution in [2.45, 2.75) is 18.9 Å². The van der Waals surface area contributed by atoms with E-state index in [1.807, 2.05) is 0 Å². The van der Waals surface area contributed by atoms with Gasteiger partial charge in [-0.2, -0.15) is 0 Å². The Kier molecular flexibility index (Phi) is 0.256. The highest BCUT2D eigenvalue weighted by Crippen LogP contribution is 2.13. The molecule has 1 heteroatoms. The zero-order valence-corrected chi connectivity index (χ0v) is 2.57. The van der Waals surface area contributed by atoms with E-state index in [9.17, 15) is 0 Å². The van der Waals surface area contributed by atoms with E-state index >= 15 is 0 Å². The van der Waals surface area contributed by atoms with Gasteiger partial charge in [-0.05, 0) is 12.8 Å². The first-order valence-electron chi connectivity index (χ1n) is 1.65. The molecule has 2 N–H and O–H groups in total. The highest BCUT2D eigenvalue weighted by Gasteiger charge is 2.13. The number of hydrogen-bond acceptors (Lipinski definition) is 1. The van der Waals surface area contributed by atoms with Crippen molar-refractivity contribution in [3.8, 4) is 0 Å². The predicted octanol–water partition coefficient (Wildman–Crippen LogP) is 0.107. The van der Waals surface area contributed by atoms with Crippen LogP contribution in [0.3, 0.4) is 0 Å². The van der Waals surface area contributed by atoms with Gasteiger partial charge in [-0.25, -0.2) is 0 Å². The summed E-state index contributed by atoms with van der Waals surface area (Å²) in [5.74, 6) is 0. The molecule has 0 aliphatic heterocycles. The van der Waals surface area contributed by atoms with E-state index in [1.54, 1.807) is 0 Å². The van der Waals surface area contributed by atoms with Crippen molar-refractivity contribution in [3.63, 3.8) is 0 Å². The van der Waals surface area contributed by atoms with Crippen LogP contribution in [0.4, 0.5) is 0 Å². The van der Waals surface area contributed by atoms with Crippen LogP contribution in [0.15, 0.2) is 0 Å². The van der Waals surface area contributed by atoms with Gasteiger partial charge in [0, 0.05) is 6.04 Å². The molecule has 1 rings (SSSR count). The molecule has 0 atom stereocenters. The Morgan fingerprint density at radius 1 is 1.50 bits per heavy atom. The maximum absolute atomic E-state index is 5.22. The van der Waals surface area contributed by atoms with E-state index in [-0.39, 0.29) is 0 Å². The molecule has 1 aliphatic carbocycles. The SMILES string of the molecule is N[13CH]1[13CH2][13CH2]1. The number of hydrogen-bond donors (Lipinski definition) is 1. The second-order valence-electron chi connectivity index (χ2n) is 1.34. The van der Waals surface area contributed by atoms with Crippen molar-refractivity contribution in [1.29, 1.82) is 0 Å². The van der Waals surface area contributed by atoms with Gasteiger partial charge in [-0.1, -0.05) is 0 Å². The van der Waals surface area contributed by atoms with Gasteiger partial charge in [0.1, 0.15) is 0 Å². The normalized spacial score (nSPS) is 26.2. The lowest BCUT2D eigenvalue weighted by molar-refractivity contribution is 1.07. The number of nitrogens with two attached hydrogens (primary N) is 1. The molecule has 0 bridgehead atoms. The van der Waals surface area contributed by atoms with Crippen molar-refractivity contribution in [3.05, 3.63) is 0 Å². The average Bonchev–Trinajstić information content (AvgIpc) is 1.75. The Morgan fingerprint density at radius 3 is 1.75 bits per heavy atom. The first kappa shape index (κ1) is 2.21. The van der Waals surface area contributed by atoms with Gasteiger partial charge in [0.05, 0.1) is 0 Å². The molecule has 0 aromatic carbocycles. The predicted molar refractivity (Wildman–Crippen MR) is 17.2 cm³/mol. The lowest BCUT2D eigenvalue weighted by Gasteiger charge is -1.58. The minimum absolute atomic E-state index is 0.583. The average molecular weight is 60.1 g/mol. The summed E-state index contributed by atoms with van der Waals surface area (Å²) in [6.45, 7) is 0. The lowest BCUT2D eigenvalue weighted by atomic mass is 11.7. The third kappa shape index (κ3) is 0.206. The van der Waals surface area contributed by atoms with Crippen LogP contribution in [0.5, 0.6) is 0 Å². The molecule has 0 amide bonds. The van der Waals surface area contributed by atoms with E-state index in [0.29, 0.717) is 6.04 Å². The van der Waals surface area contributed by atoms with Crippen LogP contribution < -0.4 is 5.73 Å². The molecule has 1 saturated carbocycles. The van der Waals surface area contributed by atoms with Crippen LogP contribution in [0.25, 0.3) is 0 Å². The van der Waals surface area contributed by atoms with Crippen LogP contribution in [-0.2, 0) is 0 Å². The largest absolute Gasteiger partial charge is 0.328 e. The smallest absolute Gasteiger partial charge is 0.00399 e. The van der Waals surface area contributed by atoms with Crippen LogP contribution in [0, 0.1) is 0 Å². The van der Waals surface area contributed by atoms with Crippen LogP contribution in [0.1, 0.15) is 12.8 Å². The molecule has 1 fully saturated rings. The second-order valence-corrected chi connectivity index (χ2v) is 1.34. The molecule has 0 saturated heterocycles. The molecular weight excluding hydrogens is 53.0 g/mol. The Morgan fingerprint density at radius 2 is 1.75 bits per heavy atom. The minimum Gasteiger partial charge on any atom is -0.328 e. The zero-order chi connectivity index (χ0) is 2.99. The van der Waals surface area contributed by atoms with Crippen molar-refractivity contribution in [2.75, 3.05) is 0 Å². The van der Waals surface area contributed by atoms with Gasteiger partial charge in [0.15, 0.2) is 0 Å². The number of rotatable bonds is 0. The Balaban J connectivity index is 2.17. The maximum Gasteiger partial charge on any atom is 0.00399 e. The van der Waals surface area contributed by atoms with Gasteiger partial charge in [0.25, 0.3) is 0 Å². The molecule has 0 unspecified atom stereocenters. The highest BCUT2D eigenvalue weighted by molar-refractivity contribution is 4.75. The fraction of sp³-hybridized carbons (Fsp3) is 1.00. The van der Waals surface area contributed by atoms with E-state index in [1.165, 1.54) is 12.8 Å². The fourth-order valence-corrected chi connectivity index (χ4v) is 0.0962. The molecule has 1 nitrogen and oxygen atoms in total. The monoisotopic (exact) mass is 60.1 g/mol. The van der Waals surface area contributed by atoms with Crippen LogP contribution in [-0.4, -0.2) is 6.04 Å². The molecule has 4 heavy (non-hydrogen) atoms. The Bertz CT molecular complexity index is 22.5. The Labute approximate surface area is 25.8 Å². The summed E-state index contributed by atoms with van der Waals surface area (Å²) in [5.41, 5.74) is 5.22. The summed E-state index contributed by atoms with van der Waals surface area (Å²) >= 11 is 0. The highest BCUT2D eigenvalue weighted by atomic mass is 15.3. The van der Waals surface area contributed by atoms with E-state index in [2.05, 4.69) is 0 Å². The first-order chi connectivity index (χ1) is 1.89. The molecule has 0 radical (unpaired) electrons. The standard InChI is InChI=1S/C3H7N/c4-3-1-2-3/h3H,1-2,4H2/i1+1,2+1,3+1. The third-order valence-corrected chi connectivity index (χ3v) is 0.622. The summed E-state index contributed by atoms with van der Waals surface area (Å²) in [6, 6.07) is 0.583. The van der Waals surface area contributed by atoms with Crippen LogP contribution >= 0.6 is 0 Å². The lowest BCUT2D eigenvalue weighted by Crippen LogP contribution is -1.94. The molecule has 0 aromatic rings. The van der Waals surface area contributed by atoms with Crippen molar-refractivity contribution in [2.24, 2.45) is 5.73 Å². The van der Waals surface area contributed by atoms with Crippen molar-refractivity contribution < 1.29 is 0 Å². The molecule has 24 valence electrons. The summed E-state index contributed by atoms with van der Waals surface area (Å²) < 4.78 is 0. The summed E-state index contributed by atoms with van der Waals surface area (Å²) in [4.78, 5) is 0. The van der Waals surface area contributed by atoms with E-state index < -0.39 is 0 Å². The summed E-state index contributed by atoms with van der Waals surface area (Å²) in [6.07, 6.45) is 2.53. The quantitative estimate of drug-likeness (QED) is 0.394. The van der Waals surface area contributed by atoms with Gasteiger partial charge in [-0.3, -0.25) is 0 Å². The minimum atomic E-state index is 0.583. The molecule has 0 aromatic heterocycles. The van der Waals surface area contributed by atoms with Gasteiger partial charge < -0.3 is 5.73 Å². The maximum atomic E-state index is 5.22. The van der Waals surface area contributed by atoms with Crippen molar-refractivity contribution in [1.82, 2.24) is 0 Å². The van der Waals surface area contributed by atoms with Gasteiger partial charge in [0.2, 0.25) is 0 Å². The van der Waals surface area contributed by atoms with Crippen molar-refractivity contribution >= 4 is 0 Å². The fourth-order valence-electron chi connectivity index (χ4n) is 0.0962. The van der Waals surface area contributed by atoms with Gasteiger partial charge >= 0.3 is 0 Å². The van der Waals surface area contributed by atoms with Gasteiger partial charge in [-0.15, -0.1) is 0 Å². The third-order valence-electron chi connectivity index (χ3n) is 0.622. The first-order valence-corrected chi connectivity index (χ1v) is 1.65. The molecule has 0 spiro atoms. The zero-order valence-electron chi connectivity index (χ0n) is 2.57. The summed E-state index contributed by atoms with van der Waals surface area (Å²) in [7, 11) is 0. The second kappa shape index (κ2) is 0.462. The van der Waals surface area contributed by atoms with E-state index in [0.717, 1.165) is 0 Å². The molecule has 1 aliphatic rings. The topological polar surface area (TPSA) is 26.0 Å². The molecular formula is C3H7N. The molecule has 0 heterocycles.